The minimum Gasteiger partial charge on any atom is -0.403 e. The van der Waals surface area contributed by atoms with E-state index < -0.39 is 17.3 Å². The second kappa shape index (κ2) is 6.84. The van der Waals surface area contributed by atoms with Gasteiger partial charge >= 0.3 is 5.63 Å². The summed E-state index contributed by atoms with van der Waals surface area (Å²) >= 11 is 0. The summed E-state index contributed by atoms with van der Waals surface area (Å²) in [7, 11) is 0. The number of nitrogens with zero attached hydrogens (tertiary/aromatic N) is 1. The predicted octanol–water partition coefficient (Wildman–Crippen LogP) is 4.25. The van der Waals surface area contributed by atoms with Gasteiger partial charge in [0.1, 0.15) is 5.82 Å². The molecule has 0 atom stereocenters. The Labute approximate surface area is 153 Å². The zero-order valence-corrected chi connectivity index (χ0v) is 14.0. The molecule has 0 saturated carbocycles. The Balaban J connectivity index is 1.60. The van der Waals surface area contributed by atoms with Gasteiger partial charge in [0.15, 0.2) is 0 Å². The number of anilines is 1. The average Bonchev–Trinajstić information content (AvgIpc) is 2.69. The van der Waals surface area contributed by atoms with Gasteiger partial charge in [-0.2, -0.15) is 0 Å². The molecular formula is C21H13FN2O3. The largest absolute Gasteiger partial charge is 0.403 e. The zero-order valence-electron chi connectivity index (χ0n) is 14.0. The number of carbonyl (C=O) groups is 1. The van der Waals surface area contributed by atoms with Gasteiger partial charge in [0.05, 0.1) is 16.5 Å². The van der Waals surface area contributed by atoms with Crippen molar-refractivity contribution in [1.29, 1.82) is 0 Å². The van der Waals surface area contributed by atoms with E-state index in [1.54, 1.807) is 54.6 Å². The maximum atomic E-state index is 13.7. The van der Waals surface area contributed by atoms with Crippen LogP contribution in [0.5, 0.6) is 0 Å². The predicted molar refractivity (Wildman–Crippen MR) is 100 cm³/mol. The van der Waals surface area contributed by atoms with E-state index in [2.05, 4.69) is 10.3 Å². The second-order valence-electron chi connectivity index (χ2n) is 5.83. The van der Waals surface area contributed by atoms with Gasteiger partial charge in [-0.3, -0.25) is 4.79 Å². The number of carbonyl (C=O) groups excluding carboxylic acids is 1. The standard InChI is InChI=1S/C21H13FN2O3/c22-17-7-3-1-5-15(17)19(25)23-14-11-9-13(10-12-14)20-24-18-8-4-2-6-16(18)21(26)27-20/h1-12H,(H,23,25). The molecule has 0 spiro atoms. The molecule has 0 radical (unpaired) electrons. The summed E-state index contributed by atoms with van der Waals surface area (Å²) < 4.78 is 19.0. The van der Waals surface area contributed by atoms with Crippen LogP contribution in [0.25, 0.3) is 22.4 Å². The van der Waals surface area contributed by atoms with Crippen LogP contribution in [-0.2, 0) is 0 Å². The summed E-state index contributed by atoms with van der Waals surface area (Å²) in [6, 6.07) is 19.3. The van der Waals surface area contributed by atoms with Crippen molar-refractivity contribution in [3.8, 4) is 11.5 Å². The lowest BCUT2D eigenvalue weighted by Gasteiger charge is -2.07. The van der Waals surface area contributed by atoms with Crippen LogP contribution >= 0.6 is 0 Å². The topological polar surface area (TPSA) is 72.2 Å². The van der Waals surface area contributed by atoms with Crippen molar-refractivity contribution in [1.82, 2.24) is 4.98 Å². The number of hydrogen-bond acceptors (Lipinski definition) is 4. The molecule has 0 unspecified atom stereocenters. The van der Waals surface area contributed by atoms with E-state index in [-0.39, 0.29) is 11.5 Å². The fourth-order valence-electron chi connectivity index (χ4n) is 2.68. The second-order valence-corrected chi connectivity index (χ2v) is 5.83. The van der Waals surface area contributed by atoms with Crippen LogP contribution in [0, 0.1) is 5.82 Å². The molecule has 27 heavy (non-hydrogen) atoms. The highest BCUT2D eigenvalue weighted by Gasteiger charge is 2.12. The molecule has 5 nitrogen and oxygen atoms in total. The first-order valence-corrected chi connectivity index (χ1v) is 8.18. The van der Waals surface area contributed by atoms with Crippen LogP contribution in [-0.4, -0.2) is 10.9 Å². The highest BCUT2D eigenvalue weighted by atomic mass is 19.1. The molecule has 0 aliphatic carbocycles. The van der Waals surface area contributed by atoms with Crippen molar-refractivity contribution >= 4 is 22.5 Å². The van der Waals surface area contributed by atoms with Gasteiger partial charge in [-0.1, -0.05) is 24.3 Å². The molecule has 1 heterocycles. The van der Waals surface area contributed by atoms with Crippen molar-refractivity contribution in [2.75, 3.05) is 5.32 Å². The Morgan fingerprint density at radius 1 is 0.926 bits per heavy atom. The van der Waals surface area contributed by atoms with Gasteiger partial charge in [0.2, 0.25) is 5.89 Å². The highest BCUT2D eigenvalue weighted by molar-refractivity contribution is 6.04. The zero-order chi connectivity index (χ0) is 18.8. The summed E-state index contributed by atoms with van der Waals surface area (Å²) in [5, 5.41) is 3.04. The third-order valence-electron chi connectivity index (χ3n) is 4.04. The maximum absolute atomic E-state index is 13.7. The Bertz CT molecular complexity index is 1200. The Kier molecular flexibility index (Phi) is 4.22. The summed E-state index contributed by atoms with van der Waals surface area (Å²) in [4.78, 5) is 28.6. The lowest BCUT2D eigenvalue weighted by Crippen LogP contribution is -2.13. The molecule has 0 aliphatic heterocycles. The monoisotopic (exact) mass is 360 g/mol. The SMILES string of the molecule is O=C(Nc1ccc(-c2nc3ccccc3c(=O)o2)cc1)c1ccccc1F. The fourth-order valence-corrected chi connectivity index (χ4v) is 2.68. The third-order valence-corrected chi connectivity index (χ3v) is 4.04. The summed E-state index contributed by atoms with van der Waals surface area (Å²) in [5.41, 5.74) is 1.11. The van der Waals surface area contributed by atoms with Crippen molar-refractivity contribution in [2.24, 2.45) is 0 Å². The molecule has 0 bridgehead atoms. The Morgan fingerprint density at radius 2 is 1.63 bits per heavy atom. The van der Waals surface area contributed by atoms with Gasteiger partial charge in [-0.15, -0.1) is 0 Å². The molecule has 0 saturated heterocycles. The van der Waals surface area contributed by atoms with Crippen LogP contribution in [0.4, 0.5) is 10.1 Å². The Morgan fingerprint density at radius 3 is 2.41 bits per heavy atom. The van der Waals surface area contributed by atoms with E-state index in [1.165, 1.54) is 18.2 Å². The normalized spacial score (nSPS) is 10.7. The minimum atomic E-state index is -0.589. The van der Waals surface area contributed by atoms with Gasteiger partial charge in [-0.05, 0) is 48.5 Å². The minimum absolute atomic E-state index is 0.0382. The molecular weight excluding hydrogens is 347 g/mol. The lowest BCUT2D eigenvalue weighted by atomic mass is 10.1. The van der Waals surface area contributed by atoms with E-state index in [0.29, 0.717) is 22.2 Å². The Hall–Kier alpha value is -3.80. The number of para-hydroxylation sites is 1. The summed E-state index contributed by atoms with van der Waals surface area (Å²) in [6.45, 7) is 0. The van der Waals surface area contributed by atoms with E-state index in [1.807, 2.05) is 0 Å². The first-order chi connectivity index (χ1) is 13.1. The third kappa shape index (κ3) is 3.32. The molecule has 0 fully saturated rings. The van der Waals surface area contributed by atoms with Crippen LogP contribution in [0.15, 0.2) is 82.0 Å². The quantitative estimate of drug-likeness (QED) is 0.593. The summed E-state index contributed by atoms with van der Waals surface area (Å²) in [6.07, 6.45) is 0. The molecule has 1 N–H and O–H groups in total. The summed E-state index contributed by atoms with van der Waals surface area (Å²) in [5.74, 6) is -0.948. The van der Waals surface area contributed by atoms with E-state index in [4.69, 9.17) is 4.42 Å². The van der Waals surface area contributed by atoms with Crippen molar-refractivity contribution in [3.05, 3.63) is 94.6 Å². The molecule has 1 amide bonds. The van der Waals surface area contributed by atoms with Crippen LogP contribution < -0.4 is 10.9 Å². The van der Waals surface area contributed by atoms with E-state index in [0.717, 1.165) is 0 Å². The lowest BCUT2D eigenvalue weighted by molar-refractivity contribution is 0.102. The fraction of sp³-hybridized carbons (Fsp3) is 0. The number of nitrogens with one attached hydrogen (secondary N) is 1. The van der Waals surface area contributed by atoms with Gasteiger partial charge in [0, 0.05) is 11.3 Å². The maximum Gasteiger partial charge on any atom is 0.347 e. The average molecular weight is 360 g/mol. The number of rotatable bonds is 3. The van der Waals surface area contributed by atoms with Crippen LogP contribution in [0.3, 0.4) is 0 Å². The van der Waals surface area contributed by atoms with Crippen molar-refractivity contribution in [2.45, 2.75) is 0 Å². The number of amides is 1. The van der Waals surface area contributed by atoms with Gasteiger partial charge in [-0.25, -0.2) is 14.2 Å². The van der Waals surface area contributed by atoms with E-state index in [9.17, 15) is 14.0 Å². The molecule has 4 rings (SSSR count). The van der Waals surface area contributed by atoms with Crippen LogP contribution in [0.1, 0.15) is 10.4 Å². The number of fused-ring (bicyclic) bond motifs is 1. The first kappa shape index (κ1) is 16.7. The smallest absolute Gasteiger partial charge is 0.347 e. The number of hydrogen-bond donors (Lipinski definition) is 1. The molecule has 132 valence electrons. The first-order valence-electron chi connectivity index (χ1n) is 8.18. The van der Waals surface area contributed by atoms with Crippen LogP contribution in [0.2, 0.25) is 0 Å². The molecule has 6 heteroatoms. The van der Waals surface area contributed by atoms with Crippen molar-refractivity contribution < 1.29 is 13.6 Å². The molecule has 3 aromatic carbocycles. The van der Waals surface area contributed by atoms with Crippen molar-refractivity contribution in [3.63, 3.8) is 0 Å². The highest BCUT2D eigenvalue weighted by Crippen LogP contribution is 2.21. The van der Waals surface area contributed by atoms with E-state index >= 15 is 0 Å². The molecule has 0 aliphatic rings. The molecule has 4 aromatic rings. The molecule has 1 aromatic heterocycles. The number of halogens is 1. The number of benzene rings is 3. The van der Waals surface area contributed by atoms with Gasteiger partial charge < -0.3 is 9.73 Å². The van der Waals surface area contributed by atoms with Gasteiger partial charge in [0.25, 0.3) is 5.91 Å². The number of aromatic nitrogens is 1.